The molecule has 2 aliphatic rings. The molecule has 0 spiro atoms. The van der Waals surface area contributed by atoms with Gasteiger partial charge in [0, 0.05) is 54.8 Å². The van der Waals surface area contributed by atoms with Crippen LogP contribution < -0.4 is 4.72 Å². The van der Waals surface area contributed by atoms with Gasteiger partial charge in [0.15, 0.2) is 11.2 Å². The summed E-state index contributed by atoms with van der Waals surface area (Å²) >= 11 is -1.63. The first-order chi connectivity index (χ1) is 20.4. The number of carbonyl (C=O) groups excluding carboxylic acids is 2. The molecule has 2 aromatic carbocycles. The lowest BCUT2D eigenvalue weighted by molar-refractivity contribution is -0.131. The molecule has 0 radical (unpaired) electrons. The molecule has 0 aliphatic carbocycles. The van der Waals surface area contributed by atoms with Crippen molar-refractivity contribution in [1.82, 2.24) is 18.5 Å². The van der Waals surface area contributed by atoms with Gasteiger partial charge in [0.2, 0.25) is 0 Å². The van der Waals surface area contributed by atoms with Crippen molar-refractivity contribution >= 4 is 40.0 Å². The second kappa shape index (κ2) is 14.8. The Morgan fingerprint density at radius 2 is 1.76 bits per heavy atom. The molecular weight excluding hydrogens is 548 g/mol. The number of nitrogens with zero attached hydrogens (tertiary/aromatic N) is 3. The zero-order valence-corrected chi connectivity index (χ0v) is 26.4. The van der Waals surface area contributed by atoms with Gasteiger partial charge < -0.3 is 14.2 Å². The van der Waals surface area contributed by atoms with Gasteiger partial charge in [0.25, 0.3) is 11.8 Å². The van der Waals surface area contributed by atoms with E-state index in [1.807, 2.05) is 55.2 Å². The van der Waals surface area contributed by atoms with Crippen molar-refractivity contribution in [2.24, 2.45) is 0 Å². The predicted octanol–water partition coefficient (Wildman–Crippen LogP) is 5.58. The molecule has 9 heteroatoms. The first-order valence-electron chi connectivity index (χ1n) is 15.1. The van der Waals surface area contributed by atoms with Gasteiger partial charge in [-0.3, -0.25) is 14.3 Å². The highest BCUT2D eigenvalue weighted by molar-refractivity contribution is 7.81. The Labute approximate surface area is 252 Å². The van der Waals surface area contributed by atoms with Crippen LogP contribution in [0.1, 0.15) is 67.9 Å². The minimum atomic E-state index is -1.63. The molecule has 3 aromatic rings. The number of amides is 2. The first kappa shape index (κ1) is 31.7. The third-order valence-electron chi connectivity index (χ3n) is 7.67. The van der Waals surface area contributed by atoms with E-state index in [2.05, 4.69) is 28.3 Å². The Kier molecular flexibility index (Phi) is 11.1. The average Bonchev–Trinajstić information content (AvgIpc) is 3.20. The molecule has 226 valence electrons. The molecule has 1 fully saturated rings. The normalized spacial score (nSPS) is 15.2. The van der Waals surface area contributed by atoms with Crippen molar-refractivity contribution in [2.45, 2.75) is 59.4 Å². The van der Waals surface area contributed by atoms with E-state index in [0.29, 0.717) is 44.0 Å². The summed E-state index contributed by atoms with van der Waals surface area (Å²) in [7, 11) is 3.29. The van der Waals surface area contributed by atoms with Gasteiger partial charge in [-0.25, -0.2) is 8.51 Å². The number of aromatic nitrogens is 1. The first-order valence-corrected chi connectivity index (χ1v) is 16.2. The maximum atomic E-state index is 13.8. The second-order valence-corrected chi connectivity index (χ2v) is 12.0. The number of aryl methyl sites for hydroxylation is 1. The van der Waals surface area contributed by atoms with Gasteiger partial charge in [-0.15, -0.1) is 0 Å². The molecule has 0 saturated carbocycles. The van der Waals surface area contributed by atoms with E-state index >= 15 is 0 Å². The topological polar surface area (TPSA) is 83.9 Å². The monoisotopic (exact) mass is 592 g/mol. The molecule has 1 unspecified atom stereocenters. The molecule has 42 heavy (non-hydrogen) atoms. The van der Waals surface area contributed by atoms with Crippen molar-refractivity contribution in [2.75, 3.05) is 40.4 Å². The van der Waals surface area contributed by atoms with Gasteiger partial charge in [0.1, 0.15) is 0 Å². The lowest BCUT2D eigenvalue weighted by Gasteiger charge is -2.28. The van der Waals surface area contributed by atoms with Crippen LogP contribution in [-0.2, 0) is 33.7 Å². The van der Waals surface area contributed by atoms with Crippen LogP contribution in [-0.4, -0.2) is 70.2 Å². The van der Waals surface area contributed by atoms with Gasteiger partial charge in [-0.05, 0) is 42.2 Å². The fourth-order valence-corrected chi connectivity index (χ4v) is 6.05. The molecule has 1 atom stereocenters. The van der Waals surface area contributed by atoms with Gasteiger partial charge in [-0.1, -0.05) is 70.4 Å². The molecule has 1 aromatic heterocycles. The number of fused-ring (bicyclic) bond motifs is 5. The van der Waals surface area contributed by atoms with Crippen molar-refractivity contribution < 1.29 is 18.5 Å². The van der Waals surface area contributed by atoms with Crippen molar-refractivity contribution in [3.05, 3.63) is 64.7 Å². The summed E-state index contributed by atoms with van der Waals surface area (Å²) in [5.74, 6) is -0.379. The Hall–Kier alpha value is -3.27. The highest BCUT2D eigenvalue weighted by Gasteiger charge is 2.28. The van der Waals surface area contributed by atoms with Gasteiger partial charge in [0.05, 0.1) is 25.5 Å². The summed E-state index contributed by atoms with van der Waals surface area (Å²) in [6, 6.07) is 13.9. The van der Waals surface area contributed by atoms with Crippen LogP contribution >= 0.6 is 0 Å². The van der Waals surface area contributed by atoms with Crippen LogP contribution in [0.3, 0.4) is 0 Å². The van der Waals surface area contributed by atoms with E-state index in [1.165, 1.54) is 22.7 Å². The van der Waals surface area contributed by atoms with Crippen LogP contribution in [0.15, 0.2) is 48.0 Å². The largest absolute Gasteiger partial charge is 0.378 e. The standard InChI is InChI=1S/C31H38N4O4S.C2H6/c1-4-5-6-7-12-27-26-14-13-23(30(36)32-40(38)33(2)3)20-28(26)35-21-24(31(37)34-15-17-39-18-16-34)19-22-10-8-9-11-25(22)29(27)35;1-2/h8-11,13-14,19-20H,4-7,12,15-18,21H2,1-3H3,(H,32,36);1-2H3. The quantitative estimate of drug-likeness (QED) is 0.329. The molecule has 8 nitrogen and oxygen atoms in total. The lowest BCUT2D eigenvalue weighted by atomic mass is 9.96. The van der Waals surface area contributed by atoms with Crippen LogP contribution in [0.25, 0.3) is 28.2 Å². The number of rotatable bonds is 9. The fourth-order valence-electron chi connectivity index (χ4n) is 5.59. The summed E-state index contributed by atoms with van der Waals surface area (Å²) in [5.41, 5.74) is 6.52. The smallest absolute Gasteiger partial charge is 0.264 e. The van der Waals surface area contributed by atoms with E-state index in [9.17, 15) is 13.8 Å². The number of hydrogen-bond donors (Lipinski definition) is 1. The van der Waals surface area contributed by atoms with Crippen molar-refractivity contribution in [3.63, 3.8) is 0 Å². The summed E-state index contributed by atoms with van der Waals surface area (Å²) < 4.78 is 24.0. The fraction of sp³-hybridized carbons (Fsp3) is 0.455. The van der Waals surface area contributed by atoms with Gasteiger partial charge >= 0.3 is 0 Å². The molecule has 1 saturated heterocycles. The predicted molar refractivity (Wildman–Crippen MR) is 171 cm³/mol. The molecule has 0 bridgehead atoms. The van der Waals surface area contributed by atoms with Crippen molar-refractivity contribution in [3.8, 4) is 11.3 Å². The van der Waals surface area contributed by atoms with Crippen LogP contribution in [0.4, 0.5) is 0 Å². The highest BCUT2D eigenvalue weighted by atomic mass is 32.2. The SMILES string of the molecule is CC.CCCCCCc1c2n(c3cc(C(=O)NS(=O)N(C)C)ccc13)CC(C(=O)N1CCOCC1)=Cc1ccccc1-2. The summed E-state index contributed by atoms with van der Waals surface area (Å²) in [6.45, 7) is 8.86. The molecule has 2 aliphatic heterocycles. The number of carbonyl (C=O) groups is 2. The van der Waals surface area contributed by atoms with Crippen LogP contribution in [0.2, 0.25) is 0 Å². The maximum absolute atomic E-state index is 13.8. The van der Waals surface area contributed by atoms with Crippen LogP contribution in [0, 0.1) is 0 Å². The number of hydrogen-bond acceptors (Lipinski definition) is 4. The van der Waals surface area contributed by atoms with Gasteiger partial charge in [-0.2, -0.15) is 0 Å². The summed E-state index contributed by atoms with van der Waals surface area (Å²) in [6.07, 6.45) is 7.53. The molecular formula is C33H44N4O4S. The average molecular weight is 593 g/mol. The number of unbranched alkanes of at least 4 members (excludes halogenated alkanes) is 3. The third kappa shape index (κ3) is 6.85. The van der Waals surface area contributed by atoms with E-state index < -0.39 is 17.1 Å². The second-order valence-electron chi connectivity index (χ2n) is 10.6. The highest BCUT2D eigenvalue weighted by Crippen LogP contribution is 2.40. The third-order valence-corrected chi connectivity index (χ3v) is 8.69. The van der Waals surface area contributed by atoms with Crippen LogP contribution in [0.5, 0.6) is 0 Å². The number of morpholine rings is 1. The Morgan fingerprint density at radius 3 is 2.48 bits per heavy atom. The minimum Gasteiger partial charge on any atom is -0.378 e. The summed E-state index contributed by atoms with van der Waals surface area (Å²) in [4.78, 5) is 28.7. The lowest BCUT2D eigenvalue weighted by Crippen LogP contribution is -2.41. The number of ether oxygens (including phenoxy) is 1. The zero-order valence-electron chi connectivity index (χ0n) is 25.6. The van der Waals surface area contributed by atoms with E-state index in [-0.39, 0.29) is 5.91 Å². The maximum Gasteiger partial charge on any atom is 0.264 e. The Morgan fingerprint density at radius 1 is 1.02 bits per heavy atom. The number of benzene rings is 2. The molecule has 2 amide bonds. The zero-order chi connectivity index (χ0) is 30.2. The van der Waals surface area contributed by atoms with E-state index in [4.69, 9.17) is 4.74 Å². The van der Waals surface area contributed by atoms with E-state index in [1.54, 1.807) is 14.1 Å². The van der Waals surface area contributed by atoms with E-state index in [0.717, 1.165) is 47.0 Å². The van der Waals surface area contributed by atoms with Crippen molar-refractivity contribution in [1.29, 1.82) is 0 Å². The minimum absolute atomic E-state index is 0.0209. The number of nitrogens with one attached hydrogen (secondary N) is 1. The Balaban J connectivity index is 0.00000198. The Bertz CT molecular complexity index is 1470. The molecule has 3 heterocycles. The summed E-state index contributed by atoms with van der Waals surface area (Å²) in [5, 5.41) is 1.09. The molecule has 1 N–H and O–H groups in total. The molecule has 5 rings (SSSR count).